The average Bonchev–Trinajstić information content (AvgIpc) is 2.73. The monoisotopic (exact) mass is 409 g/mol. The number of hydrogen-bond acceptors (Lipinski definition) is 4. The molecule has 1 aliphatic rings. The van der Waals surface area contributed by atoms with Crippen LogP contribution in [0.3, 0.4) is 0 Å². The Morgan fingerprint density at radius 1 is 1.07 bits per heavy atom. The molecule has 2 amide bonds. The quantitative estimate of drug-likeness (QED) is 0.796. The van der Waals surface area contributed by atoms with Crippen LogP contribution in [0.1, 0.15) is 36.2 Å². The van der Waals surface area contributed by atoms with E-state index >= 15 is 0 Å². The maximum Gasteiger partial charge on any atom is 0.251 e. The van der Waals surface area contributed by atoms with Crippen molar-refractivity contribution in [1.29, 1.82) is 0 Å². The van der Waals surface area contributed by atoms with Crippen LogP contribution in [0.15, 0.2) is 59.6 Å². The molecule has 6 heteroatoms. The summed E-state index contributed by atoms with van der Waals surface area (Å²) in [7, 11) is 0. The van der Waals surface area contributed by atoms with E-state index < -0.39 is 6.04 Å². The van der Waals surface area contributed by atoms with Gasteiger partial charge in [0.15, 0.2) is 5.17 Å². The van der Waals surface area contributed by atoms with Gasteiger partial charge < -0.3 is 5.32 Å². The maximum atomic E-state index is 13.4. The van der Waals surface area contributed by atoms with E-state index in [1.54, 1.807) is 28.8 Å². The molecule has 29 heavy (non-hydrogen) atoms. The Kier molecular flexibility index (Phi) is 7.09. The second kappa shape index (κ2) is 9.74. The van der Waals surface area contributed by atoms with Gasteiger partial charge in [0.2, 0.25) is 0 Å². The van der Waals surface area contributed by atoms with Gasteiger partial charge in [-0.25, -0.2) is 4.99 Å². The fourth-order valence-corrected chi connectivity index (χ4v) is 4.04. The summed E-state index contributed by atoms with van der Waals surface area (Å²) < 4.78 is 0. The van der Waals surface area contributed by atoms with Crippen LogP contribution in [-0.4, -0.2) is 40.2 Å². The highest BCUT2D eigenvalue weighted by molar-refractivity contribution is 8.13. The molecule has 152 valence electrons. The Morgan fingerprint density at radius 3 is 2.41 bits per heavy atom. The first-order valence-electron chi connectivity index (χ1n) is 9.91. The molecular weight excluding hydrogens is 382 g/mol. The molecule has 2 aromatic rings. The van der Waals surface area contributed by atoms with Crippen molar-refractivity contribution in [2.24, 2.45) is 10.9 Å². The van der Waals surface area contributed by atoms with Gasteiger partial charge >= 0.3 is 0 Å². The van der Waals surface area contributed by atoms with E-state index in [2.05, 4.69) is 10.3 Å². The number of carbonyl (C=O) groups is 2. The molecule has 1 N–H and O–H groups in total. The number of thioether (sulfide) groups is 1. The fraction of sp³-hybridized carbons (Fsp3) is 0.348. The third kappa shape index (κ3) is 5.48. The Labute approximate surface area is 176 Å². The third-order valence-electron chi connectivity index (χ3n) is 4.77. The van der Waals surface area contributed by atoms with Gasteiger partial charge in [-0.3, -0.25) is 14.5 Å². The molecule has 3 rings (SSSR count). The van der Waals surface area contributed by atoms with E-state index in [0.717, 1.165) is 23.4 Å². The van der Waals surface area contributed by atoms with Gasteiger partial charge in [0.1, 0.15) is 6.04 Å². The number of para-hydroxylation sites is 1. The van der Waals surface area contributed by atoms with Crippen LogP contribution in [0.5, 0.6) is 0 Å². The van der Waals surface area contributed by atoms with Crippen LogP contribution >= 0.6 is 11.8 Å². The Bertz CT molecular complexity index is 879. The molecule has 0 radical (unpaired) electrons. The molecule has 5 nitrogen and oxygen atoms in total. The van der Waals surface area contributed by atoms with Gasteiger partial charge in [-0.05, 0) is 43.5 Å². The lowest BCUT2D eigenvalue weighted by molar-refractivity contribution is -0.130. The molecule has 0 bridgehead atoms. The van der Waals surface area contributed by atoms with Gasteiger partial charge in [0.25, 0.3) is 11.8 Å². The zero-order valence-electron chi connectivity index (χ0n) is 17.1. The highest BCUT2D eigenvalue weighted by atomic mass is 32.2. The molecule has 1 saturated heterocycles. The Hall–Kier alpha value is -2.60. The van der Waals surface area contributed by atoms with Crippen molar-refractivity contribution in [3.8, 4) is 0 Å². The summed E-state index contributed by atoms with van der Waals surface area (Å²) >= 11 is 1.58. The third-order valence-corrected chi connectivity index (χ3v) is 5.83. The molecule has 0 aliphatic carbocycles. The summed E-state index contributed by atoms with van der Waals surface area (Å²) in [6, 6.07) is 16.4. The summed E-state index contributed by atoms with van der Waals surface area (Å²) in [4.78, 5) is 32.5. The first kappa shape index (κ1) is 21.1. The van der Waals surface area contributed by atoms with E-state index in [1.165, 1.54) is 0 Å². The number of nitrogens with one attached hydrogen (secondary N) is 1. The fourth-order valence-electron chi connectivity index (χ4n) is 3.08. The zero-order valence-corrected chi connectivity index (χ0v) is 17.9. The Balaban J connectivity index is 1.80. The first-order chi connectivity index (χ1) is 14.0. The topological polar surface area (TPSA) is 61.8 Å². The van der Waals surface area contributed by atoms with Crippen molar-refractivity contribution < 1.29 is 9.59 Å². The lowest BCUT2D eigenvalue weighted by Gasteiger charge is -2.32. The summed E-state index contributed by atoms with van der Waals surface area (Å²) in [5, 5.41) is 3.64. The minimum atomic E-state index is -0.608. The number of aliphatic imine (C=N–C) groups is 1. The molecule has 1 fully saturated rings. The molecule has 0 spiro atoms. The number of rotatable bonds is 5. The molecule has 0 unspecified atom stereocenters. The van der Waals surface area contributed by atoms with Crippen LogP contribution in [0.2, 0.25) is 0 Å². The predicted molar refractivity (Wildman–Crippen MR) is 120 cm³/mol. The van der Waals surface area contributed by atoms with Crippen molar-refractivity contribution in [2.75, 3.05) is 12.3 Å². The minimum absolute atomic E-state index is 0.0400. The minimum Gasteiger partial charge on any atom is -0.340 e. The van der Waals surface area contributed by atoms with Crippen LogP contribution in [0, 0.1) is 12.8 Å². The second-order valence-corrected chi connectivity index (χ2v) is 8.55. The molecule has 0 aromatic heterocycles. The van der Waals surface area contributed by atoms with Crippen LogP contribution in [0.25, 0.3) is 0 Å². The van der Waals surface area contributed by atoms with Gasteiger partial charge in [0.05, 0.1) is 5.69 Å². The number of carbonyl (C=O) groups excluding carboxylic acids is 2. The smallest absolute Gasteiger partial charge is 0.251 e. The highest BCUT2D eigenvalue weighted by Gasteiger charge is 2.33. The lowest BCUT2D eigenvalue weighted by atomic mass is 10.0. The van der Waals surface area contributed by atoms with Crippen molar-refractivity contribution >= 4 is 34.4 Å². The SMILES string of the molecule is Cc1ccc(C(=O)N[C@@H](C(=O)N2CCCSC2=Nc2ccccc2)C(C)C)cc1. The Morgan fingerprint density at radius 2 is 1.76 bits per heavy atom. The zero-order chi connectivity index (χ0) is 20.8. The van der Waals surface area contributed by atoms with E-state index in [4.69, 9.17) is 0 Å². The second-order valence-electron chi connectivity index (χ2n) is 7.48. The van der Waals surface area contributed by atoms with Crippen molar-refractivity contribution in [1.82, 2.24) is 10.2 Å². The average molecular weight is 410 g/mol. The summed E-state index contributed by atoms with van der Waals surface area (Å²) in [5.74, 6) is 0.546. The van der Waals surface area contributed by atoms with Crippen LogP contribution in [0.4, 0.5) is 5.69 Å². The highest BCUT2D eigenvalue weighted by Crippen LogP contribution is 2.24. The molecule has 0 saturated carbocycles. The molecule has 1 heterocycles. The first-order valence-corrected chi connectivity index (χ1v) is 10.9. The van der Waals surface area contributed by atoms with Gasteiger partial charge in [-0.1, -0.05) is 61.5 Å². The van der Waals surface area contributed by atoms with Crippen LogP contribution < -0.4 is 5.32 Å². The maximum absolute atomic E-state index is 13.4. The van der Waals surface area contributed by atoms with E-state index in [-0.39, 0.29) is 17.7 Å². The number of hydrogen-bond donors (Lipinski definition) is 1. The summed E-state index contributed by atoms with van der Waals surface area (Å²) in [5.41, 5.74) is 2.46. The molecule has 1 aliphatic heterocycles. The van der Waals surface area contributed by atoms with E-state index in [9.17, 15) is 9.59 Å². The molecule has 2 aromatic carbocycles. The summed E-state index contributed by atoms with van der Waals surface area (Å²) in [6.45, 7) is 6.48. The van der Waals surface area contributed by atoms with Gasteiger partial charge in [0, 0.05) is 17.9 Å². The van der Waals surface area contributed by atoms with E-state index in [0.29, 0.717) is 17.3 Å². The van der Waals surface area contributed by atoms with E-state index in [1.807, 2.05) is 63.2 Å². The number of amidine groups is 1. The van der Waals surface area contributed by atoms with Crippen molar-refractivity contribution in [3.63, 3.8) is 0 Å². The van der Waals surface area contributed by atoms with Crippen LogP contribution in [-0.2, 0) is 4.79 Å². The van der Waals surface area contributed by atoms with Crippen molar-refractivity contribution in [2.45, 2.75) is 33.2 Å². The summed E-state index contributed by atoms with van der Waals surface area (Å²) in [6.07, 6.45) is 0.904. The van der Waals surface area contributed by atoms with Gasteiger partial charge in [-0.15, -0.1) is 0 Å². The predicted octanol–water partition coefficient (Wildman–Crippen LogP) is 4.40. The largest absolute Gasteiger partial charge is 0.340 e. The number of nitrogens with zero attached hydrogens (tertiary/aromatic N) is 2. The van der Waals surface area contributed by atoms with Crippen molar-refractivity contribution in [3.05, 3.63) is 65.7 Å². The number of aryl methyl sites for hydroxylation is 1. The van der Waals surface area contributed by atoms with Gasteiger partial charge in [-0.2, -0.15) is 0 Å². The number of benzene rings is 2. The normalized spacial score (nSPS) is 16.7. The lowest BCUT2D eigenvalue weighted by Crippen LogP contribution is -2.53. The standard InChI is InChI=1S/C23H27N3O2S/c1-16(2)20(25-21(27)18-12-10-17(3)11-13-18)22(28)26-14-7-15-29-23(26)24-19-8-5-4-6-9-19/h4-6,8-13,16,20H,7,14-15H2,1-3H3,(H,25,27)/t20-/m1/s1. The molecule has 1 atom stereocenters. The number of amides is 2. The molecular formula is C23H27N3O2S.